The van der Waals surface area contributed by atoms with E-state index < -0.39 is 0 Å². The molecule has 4 heteroatoms. The zero-order chi connectivity index (χ0) is 12.0. The van der Waals surface area contributed by atoms with Crippen molar-refractivity contribution < 1.29 is 4.39 Å². The molecule has 1 aromatic heterocycles. The Morgan fingerprint density at radius 1 is 1.41 bits per heavy atom. The van der Waals surface area contributed by atoms with Crippen molar-refractivity contribution in [3.05, 3.63) is 29.2 Å². The fourth-order valence-electron chi connectivity index (χ4n) is 2.20. The molecule has 0 aliphatic carbocycles. The van der Waals surface area contributed by atoms with Gasteiger partial charge < -0.3 is 5.73 Å². The number of rotatable bonds is 0. The molecule has 2 N–H and O–H groups in total. The predicted octanol–water partition coefficient (Wildman–Crippen LogP) is 3.30. The molecule has 2 nitrogen and oxygen atoms in total. The largest absolute Gasteiger partial charge is 0.397 e. The Kier molecular flexibility index (Phi) is 2.47. The van der Waals surface area contributed by atoms with E-state index in [0.717, 1.165) is 40.3 Å². The van der Waals surface area contributed by atoms with Crippen LogP contribution in [0.2, 0.25) is 0 Å². The second-order valence-electron chi connectivity index (χ2n) is 4.37. The molecule has 2 aromatic rings. The van der Waals surface area contributed by atoms with E-state index in [1.165, 1.54) is 6.07 Å². The van der Waals surface area contributed by atoms with Gasteiger partial charge >= 0.3 is 0 Å². The predicted molar refractivity (Wildman–Crippen MR) is 69.9 cm³/mol. The number of nitrogen functional groups attached to an aromatic ring is 1. The summed E-state index contributed by atoms with van der Waals surface area (Å²) < 4.78 is 13.5. The third-order valence-corrected chi connectivity index (χ3v) is 4.37. The van der Waals surface area contributed by atoms with Crippen molar-refractivity contribution in [2.75, 3.05) is 11.5 Å². The van der Waals surface area contributed by atoms with Gasteiger partial charge in [-0.2, -0.15) is 0 Å². The maximum atomic E-state index is 13.5. The smallest absolute Gasteiger partial charge is 0.128 e. The lowest BCUT2D eigenvalue weighted by Crippen LogP contribution is -2.06. The van der Waals surface area contributed by atoms with E-state index in [1.54, 1.807) is 24.8 Å². The quantitative estimate of drug-likeness (QED) is 0.777. The number of hydrogen-bond acceptors (Lipinski definition) is 3. The van der Waals surface area contributed by atoms with Gasteiger partial charge in [0, 0.05) is 11.5 Å². The lowest BCUT2D eigenvalue weighted by atomic mass is 10.1. The lowest BCUT2D eigenvalue weighted by Gasteiger charge is -2.18. The third-order valence-electron chi connectivity index (χ3n) is 3.13. The van der Waals surface area contributed by atoms with Crippen LogP contribution in [0.5, 0.6) is 0 Å². The van der Waals surface area contributed by atoms with Crippen LogP contribution < -0.4 is 5.73 Å². The molecule has 88 valence electrons. The summed E-state index contributed by atoms with van der Waals surface area (Å²) in [6, 6.07) is 3.28. The summed E-state index contributed by atoms with van der Waals surface area (Å²) in [6.07, 6.45) is 2.06. The summed E-state index contributed by atoms with van der Waals surface area (Å²) in [5, 5.41) is 0.872. The van der Waals surface area contributed by atoms with Crippen LogP contribution in [0.25, 0.3) is 10.9 Å². The molecule has 3 rings (SSSR count). The fourth-order valence-corrected chi connectivity index (χ4v) is 3.27. The van der Waals surface area contributed by atoms with Gasteiger partial charge in [0.15, 0.2) is 0 Å². The highest BCUT2D eigenvalue weighted by molar-refractivity contribution is 7.99. The van der Waals surface area contributed by atoms with E-state index in [0.29, 0.717) is 11.1 Å². The molecule has 0 saturated carbocycles. The first-order valence-corrected chi connectivity index (χ1v) is 6.66. The van der Waals surface area contributed by atoms with E-state index in [1.807, 2.05) is 0 Å². The number of aromatic nitrogens is 1. The number of halogens is 1. The van der Waals surface area contributed by atoms with E-state index in [-0.39, 0.29) is 5.82 Å². The SMILES string of the molecule is Cc1cc2c(N)c3c(nc2cc1F)CCCS3. The number of pyridine rings is 1. The Labute approximate surface area is 103 Å². The number of nitrogens with two attached hydrogens (primary N) is 1. The second-order valence-corrected chi connectivity index (χ2v) is 5.48. The lowest BCUT2D eigenvalue weighted by molar-refractivity contribution is 0.620. The summed E-state index contributed by atoms with van der Waals surface area (Å²) in [5.74, 6) is 0.873. The van der Waals surface area contributed by atoms with Crippen LogP contribution in [-0.4, -0.2) is 10.7 Å². The average Bonchev–Trinajstić information content (AvgIpc) is 2.32. The first-order valence-electron chi connectivity index (χ1n) is 5.68. The van der Waals surface area contributed by atoms with Crippen LogP contribution in [0.1, 0.15) is 17.7 Å². The molecule has 17 heavy (non-hydrogen) atoms. The Morgan fingerprint density at radius 2 is 2.24 bits per heavy atom. The van der Waals surface area contributed by atoms with E-state index in [9.17, 15) is 4.39 Å². The highest BCUT2D eigenvalue weighted by Gasteiger charge is 2.17. The molecule has 2 heterocycles. The van der Waals surface area contributed by atoms with Gasteiger partial charge in [0.25, 0.3) is 0 Å². The van der Waals surface area contributed by atoms with Crippen LogP contribution in [0, 0.1) is 12.7 Å². The highest BCUT2D eigenvalue weighted by atomic mass is 32.2. The van der Waals surface area contributed by atoms with E-state index in [2.05, 4.69) is 4.98 Å². The van der Waals surface area contributed by atoms with Crippen molar-refractivity contribution in [1.82, 2.24) is 4.98 Å². The Morgan fingerprint density at radius 3 is 3.06 bits per heavy atom. The number of benzene rings is 1. The maximum Gasteiger partial charge on any atom is 0.128 e. The topological polar surface area (TPSA) is 38.9 Å². The first kappa shape index (κ1) is 10.8. The fraction of sp³-hybridized carbons (Fsp3) is 0.308. The molecular formula is C13H13FN2S. The van der Waals surface area contributed by atoms with Crippen molar-refractivity contribution in [2.45, 2.75) is 24.7 Å². The van der Waals surface area contributed by atoms with Gasteiger partial charge in [0.1, 0.15) is 5.82 Å². The van der Waals surface area contributed by atoms with E-state index >= 15 is 0 Å². The summed E-state index contributed by atoms with van der Waals surface area (Å²) in [5.41, 5.74) is 9.25. The van der Waals surface area contributed by atoms with E-state index in [4.69, 9.17) is 5.73 Å². The molecule has 1 aromatic carbocycles. The number of aryl methyl sites for hydroxylation is 2. The number of anilines is 1. The van der Waals surface area contributed by atoms with Crippen molar-refractivity contribution in [2.24, 2.45) is 0 Å². The normalized spacial score (nSPS) is 14.9. The third kappa shape index (κ3) is 1.67. The molecule has 1 aliphatic rings. The Balaban J connectivity index is 2.36. The Hall–Kier alpha value is -1.29. The van der Waals surface area contributed by atoms with Gasteiger partial charge in [-0.1, -0.05) is 0 Å². The van der Waals surface area contributed by atoms with Crippen LogP contribution in [-0.2, 0) is 6.42 Å². The van der Waals surface area contributed by atoms with Crippen LogP contribution in [0.3, 0.4) is 0 Å². The van der Waals surface area contributed by atoms with Crippen molar-refractivity contribution in [3.63, 3.8) is 0 Å². The van der Waals surface area contributed by atoms with Crippen LogP contribution >= 0.6 is 11.8 Å². The minimum absolute atomic E-state index is 0.215. The second kappa shape index (κ2) is 3.88. The van der Waals surface area contributed by atoms with Crippen LogP contribution in [0.4, 0.5) is 10.1 Å². The molecule has 0 spiro atoms. The van der Waals surface area contributed by atoms with Gasteiger partial charge in [-0.05, 0) is 37.1 Å². The molecule has 0 unspecified atom stereocenters. The Bertz CT molecular complexity index is 610. The molecule has 0 amide bonds. The summed E-state index contributed by atoms with van der Waals surface area (Å²) in [7, 11) is 0. The minimum atomic E-state index is -0.215. The van der Waals surface area contributed by atoms with Gasteiger partial charge in [0.05, 0.1) is 21.8 Å². The molecule has 0 saturated heterocycles. The highest BCUT2D eigenvalue weighted by Crippen LogP contribution is 2.38. The zero-order valence-electron chi connectivity index (χ0n) is 9.59. The van der Waals surface area contributed by atoms with Crippen molar-refractivity contribution in [1.29, 1.82) is 0 Å². The molecule has 1 aliphatic heterocycles. The van der Waals surface area contributed by atoms with Gasteiger partial charge in [-0.25, -0.2) is 4.39 Å². The van der Waals surface area contributed by atoms with Gasteiger partial charge in [-0.15, -0.1) is 11.8 Å². The number of nitrogens with zero attached hydrogens (tertiary/aromatic N) is 1. The molecule has 0 fully saturated rings. The number of thioether (sulfide) groups is 1. The van der Waals surface area contributed by atoms with Crippen molar-refractivity contribution in [3.8, 4) is 0 Å². The standard InChI is InChI=1S/C13H13FN2S/c1-7-5-8-11(6-9(7)14)16-10-3-2-4-17-13(10)12(8)15/h5-6H,2-4H2,1H3,(H2,15,16). The summed E-state index contributed by atoms with van der Waals surface area (Å²) in [4.78, 5) is 5.63. The first-order chi connectivity index (χ1) is 8.16. The molecular weight excluding hydrogens is 235 g/mol. The zero-order valence-corrected chi connectivity index (χ0v) is 10.4. The van der Waals surface area contributed by atoms with Gasteiger partial charge in [-0.3, -0.25) is 4.98 Å². The maximum absolute atomic E-state index is 13.5. The summed E-state index contributed by atoms with van der Waals surface area (Å²) >= 11 is 1.76. The number of hydrogen-bond donors (Lipinski definition) is 1. The van der Waals surface area contributed by atoms with Crippen molar-refractivity contribution >= 4 is 28.4 Å². The molecule has 0 atom stereocenters. The summed E-state index contributed by atoms with van der Waals surface area (Å²) in [6.45, 7) is 1.75. The van der Waals surface area contributed by atoms with Gasteiger partial charge in [0.2, 0.25) is 0 Å². The molecule has 0 bridgehead atoms. The minimum Gasteiger partial charge on any atom is -0.397 e. The average molecular weight is 248 g/mol. The number of fused-ring (bicyclic) bond motifs is 2. The molecule has 0 radical (unpaired) electrons. The monoisotopic (exact) mass is 248 g/mol. The van der Waals surface area contributed by atoms with Crippen LogP contribution in [0.15, 0.2) is 17.0 Å².